The summed E-state index contributed by atoms with van der Waals surface area (Å²) >= 11 is 0. The van der Waals surface area contributed by atoms with Crippen LogP contribution in [0.3, 0.4) is 0 Å². The Kier molecular flexibility index (Phi) is 8.58. The fraction of sp³-hybridized carbons (Fsp3) is 0.458. The van der Waals surface area contributed by atoms with Crippen molar-refractivity contribution in [3.05, 3.63) is 52.9 Å². The summed E-state index contributed by atoms with van der Waals surface area (Å²) in [6.07, 6.45) is -0.698. The molecule has 1 aromatic carbocycles. The van der Waals surface area contributed by atoms with Gasteiger partial charge in [0.1, 0.15) is 29.9 Å². The SMILES string of the molecule is COc1cc(CNC(=O)c2cc(C3=NOC([C@H]4CO[C@H](CNC(=O)CO)CO4)C3)nc(C)n2)ccc1F. The van der Waals surface area contributed by atoms with Gasteiger partial charge in [-0.1, -0.05) is 11.2 Å². The smallest absolute Gasteiger partial charge is 0.270 e. The van der Waals surface area contributed by atoms with Gasteiger partial charge in [0.25, 0.3) is 5.91 Å². The van der Waals surface area contributed by atoms with Crippen molar-refractivity contribution in [2.24, 2.45) is 5.16 Å². The Labute approximate surface area is 212 Å². The van der Waals surface area contributed by atoms with Crippen LogP contribution in [0.4, 0.5) is 4.39 Å². The van der Waals surface area contributed by atoms with Crippen LogP contribution < -0.4 is 15.4 Å². The number of hydrogen-bond acceptors (Lipinski definition) is 10. The molecule has 3 heterocycles. The van der Waals surface area contributed by atoms with Crippen molar-refractivity contribution in [3.8, 4) is 5.75 Å². The summed E-state index contributed by atoms with van der Waals surface area (Å²) in [6.45, 7) is 1.98. The normalized spacial score (nSPS) is 21.1. The number of benzene rings is 1. The molecule has 4 rings (SSSR count). The molecule has 1 aromatic heterocycles. The van der Waals surface area contributed by atoms with E-state index in [9.17, 15) is 14.0 Å². The van der Waals surface area contributed by atoms with Crippen LogP contribution in [0, 0.1) is 12.7 Å². The maximum absolute atomic E-state index is 13.6. The number of ether oxygens (including phenoxy) is 3. The average molecular weight is 518 g/mol. The standard InChI is InChI=1S/C24H28FN5O7/c1-13-28-17(6-19(29-13)24(33)27-8-14-3-4-16(25)20(5-14)34-2)18-7-21(37-30-18)22-12-35-15(11-36-22)9-26-23(32)10-31/h3-6,15,21-22,31H,7-12H2,1-2H3,(H,26,32)(H,27,33)/t15-,21?,22-/m1/s1. The Morgan fingerprint density at radius 3 is 2.73 bits per heavy atom. The van der Waals surface area contributed by atoms with Crippen LogP contribution in [-0.4, -0.2) is 84.4 Å². The highest BCUT2D eigenvalue weighted by atomic mass is 19.1. The number of carbonyl (C=O) groups excluding carboxylic acids is 2. The molecule has 1 saturated heterocycles. The number of aliphatic hydroxyl groups is 1. The molecular formula is C24H28FN5O7. The summed E-state index contributed by atoms with van der Waals surface area (Å²) in [4.78, 5) is 38.1. The van der Waals surface area contributed by atoms with E-state index in [-0.39, 0.29) is 50.0 Å². The van der Waals surface area contributed by atoms with E-state index in [0.29, 0.717) is 29.2 Å². The monoisotopic (exact) mass is 517 g/mol. The third kappa shape index (κ3) is 6.76. The van der Waals surface area contributed by atoms with Gasteiger partial charge in [0.05, 0.1) is 32.1 Å². The maximum atomic E-state index is 13.6. The molecule has 2 aliphatic rings. The predicted molar refractivity (Wildman–Crippen MR) is 126 cm³/mol. The van der Waals surface area contributed by atoms with Crippen molar-refractivity contribution < 1.29 is 38.1 Å². The molecule has 0 radical (unpaired) electrons. The Balaban J connectivity index is 1.32. The molecule has 1 unspecified atom stereocenters. The van der Waals surface area contributed by atoms with Crippen molar-refractivity contribution >= 4 is 17.5 Å². The van der Waals surface area contributed by atoms with E-state index in [1.54, 1.807) is 13.0 Å². The van der Waals surface area contributed by atoms with E-state index in [4.69, 9.17) is 24.2 Å². The molecule has 3 N–H and O–H groups in total. The van der Waals surface area contributed by atoms with Gasteiger partial charge in [0, 0.05) is 19.5 Å². The summed E-state index contributed by atoms with van der Waals surface area (Å²) in [5, 5.41) is 18.2. The van der Waals surface area contributed by atoms with E-state index in [2.05, 4.69) is 25.8 Å². The number of rotatable bonds is 9. The van der Waals surface area contributed by atoms with E-state index in [0.717, 1.165) is 0 Å². The van der Waals surface area contributed by atoms with E-state index < -0.39 is 30.3 Å². The van der Waals surface area contributed by atoms with Crippen molar-refractivity contribution in [1.82, 2.24) is 20.6 Å². The average Bonchev–Trinajstić information content (AvgIpc) is 3.41. The Morgan fingerprint density at radius 1 is 1.16 bits per heavy atom. The first-order valence-electron chi connectivity index (χ1n) is 11.7. The van der Waals surface area contributed by atoms with E-state index in [1.807, 2.05) is 0 Å². The number of nitrogens with zero attached hydrogens (tertiary/aromatic N) is 3. The van der Waals surface area contributed by atoms with Crippen LogP contribution in [-0.2, 0) is 25.7 Å². The minimum Gasteiger partial charge on any atom is -0.494 e. The highest BCUT2D eigenvalue weighted by molar-refractivity contribution is 6.02. The van der Waals surface area contributed by atoms with Crippen LogP contribution in [0.1, 0.15) is 34.0 Å². The largest absolute Gasteiger partial charge is 0.494 e. The zero-order valence-corrected chi connectivity index (χ0v) is 20.4. The van der Waals surface area contributed by atoms with Gasteiger partial charge in [-0.3, -0.25) is 9.59 Å². The highest BCUT2D eigenvalue weighted by Gasteiger charge is 2.35. The second-order valence-electron chi connectivity index (χ2n) is 8.51. The highest BCUT2D eigenvalue weighted by Crippen LogP contribution is 2.23. The summed E-state index contributed by atoms with van der Waals surface area (Å²) in [7, 11) is 1.37. The Bertz CT molecular complexity index is 1170. The number of nitrogens with one attached hydrogen (secondary N) is 2. The van der Waals surface area contributed by atoms with Crippen LogP contribution in [0.5, 0.6) is 5.75 Å². The van der Waals surface area contributed by atoms with Gasteiger partial charge in [-0.05, 0) is 30.7 Å². The molecule has 2 aromatic rings. The van der Waals surface area contributed by atoms with Crippen LogP contribution >= 0.6 is 0 Å². The van der Waals surface area contributed by atoms with Gasteiger partial charge in [-0.15, -0.1) is 0 Å². The van der Waals surface area contributed by atoms with Gasteiger partial charge in [-0.25, -0.2) is 14.4 Å². The van der Waals surface area contributed by atoms with Gasteiger partial charge < -0.3 is 34.8 Å². The van der Waals surface area contributed by atoms with Crippen LogP contribution in [0.15, 0.2) is 29.4 Å². The minimum absolute atomic E-state index is 0.0945. The maximum Gasteiger partial charge on any atom is 0.270 e. The molecule has 0 saturated carbocycles. The molecule has 198 valence electrons. The predicted octanol–water partition coefficient (Wildman–Crippen LogP) is 0.248. The van der Waals surface area contributed by atoms with Gasteiger partial charge in [0.2, 0.25) is 5.91 Å². The lowest BCUT2D eigenvalue weighted by molar-refractivity contribution is -0.170. The zero-order chi connectivity index (χ0) is 26.4. The fourth-order valence-electron chi connectivity index (χ4n) is 3.84. The number of carbonyl (C=O) groups is 2. The number of aromatic nitrogens is 2. The lowest BCUT2D eigenvalue weighted by Gasteiger charge is -2.31. The van der Waals surface area contributed by atoms with Crippen LogP contribution in [0.2, 0.25) is 0 Å². The summed E-state index contributed by atoms with van der Waals surface area (Å²) in [5.41, 5.74) is 1.84. The number of oxime groups is 1. The third-order valence-electron chi connectivity index (χ3n) is 5.81. The minimum atomic E-state index is -0.582. The molecule has 1 fully saturated rings. The van der Waals surface area contributed by atoms with Crippen molar-refractivity contribution in [2.75, 3.05) is 33.5 Å². The van der Waals surface area contributed by atoms with Gasteiger partial charge in [0.15, 0.2) is 17.7 Å². The quantitative estimate of drug-likeness (QED) is 0.425. The number of hydrogen-bond donors (Lipinski definition) is 3. The summed E-state index contributed by atoms with van der Waals surface area (Å²) in [5.74, 6) is -0.899. The first kappa shape index (κ1) is 26.4. The molecule has 37 heavy (non-hydrogen) atoms. The molecule has 0 spiro atoms. The summed E-state index contributed by atoms with van der Waals surface area (Å²) < 4.78 is 30.2. The number of methoxy groups -OCH3 is 1. The lowest BCUT2D eigenvalue weighted by Crippen LogP contribution is -2.47. The topological polar surface area (TPSA) is 153 Å². The van der Waals surface area contributed by atoms with E-state index >= 15 is 0 Å². The molecule has 0 bridgehead atoms. The summed E-state index contributed by atoms with van der Waals surface area (Å²) in [6, 6.07) is 5.89. The Morgan fingerprint density at radius 2 is 2.00 bits per heavy atom. The van der Waals surface area contributed by atoms with Gasteiger partial charge >= 0.3 is 0 Å². The second-order valence-corrected chi connectivity index (χ2v) is 8.51. The molecule has 12 nitrogen and oxygen atoms in total. The van der Waals surface area contributed by atoms with Crippen LogP contribution in [0.25, 0.3) is 0 Å². The number of aryl methyl sites for hydroxylation is 1. The van der Waals surface area contributed by atoms with Gasteiger partial charge in [-0.2, -0.15) is 0 Å². The van der Waals surface area contributed by atoms with Crippen molar-refractivity contribution in [2.45, 2.75) is 38.2 Å². The lowest BCUT2D eigenvalue weighted by atomic mass is 10.0. The number of halogens is 1. The first-order valence-corrected chi connectivity index (χ1v) is 11.7. The molecular weight excluding hydrogens is 489 g/mol. The van der Waals surface area contributed by atoms with E-state index in [1.165, 1.54) is 25.3 Å². The molecule has 2 aliphatic heterocycles. The zero-order valence-electron chi connectivity index (χ0n) is 20.4. The first-order chi connectivity index (χ1) is 17.9. The fourth-order valence-corrected chi connectivity index (χ4v) is 3.84. The molecule has 13 heteroatoms. The number of amides is 2. The number of aliphatic hydroxyl groups excluding tert-OH is 1. The second kappa shape index (κ2) is 12.0. The molecule has 0 aliphatic carbocycles. The third-order valence-corrected chi connectivity index (χ3v) is 5.81. The molecule has 2 amide bonds. The van der Waals surface area contributed by atoms with Crippen molar-refractivity contribution in [1.29, 1.82) is 0 Å². The molecule has 3 atom stereocenters. The van der Waals surface area contributed by atoms with Crippen molar-refractivity contribution in [3.63, 3.8) is 0 Å². The Hall–Kier alpha value is -3.68.